The van der Waals surface area contributed by atoms with E-state index in [1.54, 1.807) is 0 Å². The first kappa shape index (κ1) is 11.2. The van der Waals surface area contributed by atoms with Crippen LogP contribution in [0.15, 0.2) is 54.6 Å². The molecule has 1 heteroatoms. The molecule has 18 heavy (non-hydrogen) atoms. The van der Waals surface area contributed by atoms with Gasteiger partial charge in [0, 0.05) is 11.5 Å². The van der Waals surface area contributed by atoms with E-state index in [0.29, 0.717) is 11.7 Å². The van der Waals surface area contributed by atoms with Crippen molar-refractivity contribution < 1.29 is 4.79 Å². The van der Waals surface area contributed by atoms with Gasteiger partial charge in [0.15, 0.2) is 5.78 Å². The lowest BCUT2D eigenvalue weighted by molar-refractivity contribution is 0.0965. The maximum Gasteiger partial charge on any atom is 0.166 e. The number of aryl methyl sites for hydroxylation is 1. The molecular weight excluding hydrogens is 220 g/mol. The number of hydrogen-bond acceptors (Lipinski definition) is 1. The van der Waals surface area contributed by atoms with Crippen LogP contribution in [0.2, 0.25) is 0 Å². The number of carbonyl (C=O) groups is 1. The fourth-order valence-electron chi connectivity index (χ4n) is 2.49. The summed E-state index contributed by atoms with van der Waals surface area (Å²) in [4.78, 5) is 12.3. The van der Waals surface area contributed by atoms with Gasteiger partial charge in [-0.25, -0.2) is 0 Å². The largest absolute Gasteiger partial charge is 0.294 e. The van der Waals surface area contributed by atoms with E-state index in [9.17, 15) is 4.79 Å². The predicted octanol–water partition coefficient (Wildman–Crippen LogP) is 3.98. The minimum Gasteiger partial charge on any atom is -0.294 e. The van der Waals surface area contributed by atoms with Crippen molar-refractivity contribution in [2.24, 2.45) is 5.92 Å². The van der Waals surface area contributed by atoms with Gasteiger partial charge in [0.05, 0.1) is 0 Å². The maximum atomic E-state index is 12.3. The molecule has 0 unspecified atom stereocenters. The van der Waals surface area contributed by atoms with Crippen molar-refractivity contribution in [3.05, 3.63) is 71.3 Å². The molecule has 1 aliphatic carbocycles. The molecule has 3 rings (SSSR count). The Morgan fingerprint density at radius 1 is 1.00 bits per heavy atom. The van der Waals surface area contributed by atoms with Gasteiger partial charge >= 0.3 is 0 Å². The maximum absolute atomic E-state index is 12.3. The van der Waals surface area contributed by atoms with Gasteiger partial charge in [0.1, 0.15) is 0 Å². The van der Waals surface area contributed by atoms with E-state index in [1.165, 1.54) is 11.1 Å². The molecule has 2 atom stereocenters. The van der Waals surface area contributed by atoms with E-state index in [0.717, 1.165) is 12.0 Å². The van der Waals surface area contributed by atoms with Crippen LogP contribution in [-0.4, -0.2) is 5.78 Å². The van der Waals surface area contributed by atoms with Crippen molar-refractivity contribution in [1.82, 2.24) is 0 Å². The average Bonchev–Trinajstić information content (AvgIpc) is 3.20. The third-order valence-electron chi connectivity index (χ3n) is 3.69. The summed E-state index contributed by atoms with van der Waals surface area (Å²) in [6, 6.07) is 18.2. The Hall–Kier alpha value is -1.89. The van der Waals surface area contributed by atoms with Gasteiger partial charge in [-0.15, -0.1) is 0 Å². The van der Waals surface area contributed by atoms with Gasteiger partial charge in [-0.3, -0.25) is 4.79 Å². The van der Waals surface area contributed by atoms with E-state index in [4.69, 9.17) is 0 Å². The van der Waals surface area contributed by atoms with Gasteiger partial charge in [-0.1, -0.05) is 60.2 Å². The highest BCUT2D eigenvalue weighted by Gasteiger charge is 2.43. The summed E-state index contributed by atoms with van der Waals surface area (Å²) >= 11 is 0. The summed E-state index contributed by atoms with van der Waals surface area (Å²) in [6.07, 6.45) is 0.997. The minimum absolute atomic E-state index is 0.190. The molecule has 0 heterocycles. The van der Waals surface area contributed by atoms with Crippen LogP contribution in [0.3, 0.4) is 0 Å². The second-order valence-corrected chi connectivity index (χ2v) is 5.09. The summed E-state index contributed by atoms with van der Waals surface area (Å²) < 4.78 is 0. The third kappa shape index (κ3) is 2.08. The number of benzene rings is 2. The highest BCUT2D eigenvalue weighted by atomic mass is 16.1. The molecule has 0 aliphatic heterocycles. The zero-order chi connectivity index (χ0) is 12.5. The molecule has 0 bridgehead atoms. The number of rotatable bonds is 3. The van der Waals surface area contributed by atoms with Crippen molar-refractivity contribution in [3.8, 4) is 0 Å². The Bertz CT molecular complexity index is 554. The van der Waals surface area contributed by atoms with Crippen LogP contribution in [0.25, 0.3) is 0 Å². The van der Waals surface area contributed by atoms with Gasteiger partial charge in [-0.2, -0.15) is 0 Å². The van der Waals surface area contributed by atoms with Gasteiger partial charge < -0.3 is 0 Å². The van der Waals surface area contributed by atoms with Gasteiger partial charge in [0.2, 0.25) is 0 Å². The Labute approximate surface area is 107 Å². The zero-order valence-corrected chi connectivity index (χ0v) is 10.5. The topological polar surface area (TPSA) is 17.1 Å². The lowest BCUT2D eigenvalue weighted by atomic mass is 10.0. The first-order valence-electron chi connectivity index (χ1n) is 6.41. The third-order valence-corrected chi connectivity index (χ3v) is 3.69. The molecule has 0 aromatic heterocycles. The van der Waals surface area contributed by atoms with E-state index in [-0.39, 0.29) is 5.92 Å². The van der Waals surface area contributed by atoms with Crippen molar-refractivity contribution in [2.75, 3.05) is 0 Å². The molecule has 0 spiro atoms. The molecule has 0 saturated heterocycles. The highest BCUT2D eigenvalue weighted by molar-refractivity contribution is 6.00. The Morgan fingerprint density at radius 3 is 2.33 bits per heavy atom. The van der Waals surface area contributed by atoms with E-state index in [1.807, 2.05) is 49.4 Å². The Balaban J connectivity index is 1.75. The molecule has 2 aromatic rings. The fourth-order valence-corrected chi connectivity index (χ4v) is 2.49. The summed E-state index contributed by atoms with van der Waals surface area (Å²) in [5, 5.41) is 0. The Morgan fingerprint density at radius 2 is 1.67 bits per heavy atom. The van der Waals surface area contributed by atoms with Crippen molar-refractivity contribution >= 4 is 5.78 Å². The second-order valence-electron chi connectivity index (χ2n) is 5.09. The number of Topliss-reactive ketones (excluding diaryl/α,β-unsaturated/α-hetero) is 1. The first-order valence-corrected chi connectivity index (χ1v) is 6.41. The standard InChI is InChI=1S/C17H16O/c1-12-7-9-14(10-8-12)17(18)16-11-15(16)13-5-3-2-4-6-13/h2-10,15-16H,11H2,1H3/t15-,16+/m1/s1. The van der Waals surface area contributed by atoms with E-state index in [2.05, 4.69) is 12.1 Å². The highest BCUT2D eigenvalue weighted by Crippen LogP contribution is 2.49. The smallest absolute Gasteiger partial charge is 0.166 e. The predicted molar refractivity (Wildman–Crippen MR) is 72.8 cm³/mol. The number of ketones is 1. The van der Waals surface area contributed by atoms with Crippen LogP contribution in [-0.2, 0) is 0 Å². The molecular formula is C17H16O. The Kier molecular flexibility index (Phi) is 2.75. The summed E-state index contributed by atoms with van der Waals surface area (Å²) in [7, 11) is 0. The van der Waals surface area contributed by atoms with Crippen molar-refractivity contribution in [2.45, 2.75) is 19.3 Å². The average molecular weight is 236 g/mol. The second kappa shape index (κ2) is 4.41. The molecule has 1 aliphatic rings. The lowest BCUT2D eigenvalue weighted by Gasteiger charge is -2.01. The number of carbonyl (C=O) groups excluding carboxylic acids is 1. The van der Waals surface area contributed by atoms with Crippen LogP contribution < -0.4 is 0 Å². The van der Waals surface area contributed by atoms with Gasteiger partial charge in [-0.05, 0) is 24.8 Å². The molecule has 0 N–H and O–H groups in total. The van der Waals surface area contributed by atoms with Crippen LogP contribution in [0.4, 0.5) is 0 Å². The summed E-state index contributed by atoms with van der Waals surface area (Å²) in [5.74, 6) is 0.916. The fraction of sp³-hybridized carbons (Fsp3) is 0.235. The molecule has 90 valence electrons. The van der Waals surface area contributed by atoms with Crippen molar-refractivity contribution in [3.63, 3.8) is 0 Å². The number of hydrogen-bond donors (Lipinski definition) is 0. The molecule has 1 nitrogen and oxygen atoms in total. The van der Waals surface area contributed by atoms with Crippen molar-refractivity contribution in [1.29, 1.82) is 0 Å². The molecule has 1 saturated carbocycles. The van der Waals surface area contributed by atoms with Gasteiger partial charge in [0.25, 0.3) is 0 Å². The molecule has 0 radical (unpaired) electrons. The van der Waals surface area contributed by atoms with E-state index >= 15 is 0 Å². The van der Waals surface area contributed by atoms with Crippen LogP contribution in [0, 0.1) is 12.8 Å². The molecule has 1 fully saturated rings. The normalized spacial score (nSPS) is 21.6. The molecule has 0 amide bonds. The first-order chi connectivity index (χ1) is 8.75. The quantitative estimate of drug-likeness (QED) is 0.737. The minimum atomic E-state index is 0.190. The van der Waals surface area contributed by atoms with Crippen LogP contribution in [0.5, 0.6) is 0 Å². The summed E-state index contributed by atoms with van der Waals surface area (Å²) in [5.41, 5.74) is 3.34. The van der Waals surface area contributed by atoms with Crippen LogP contribution >= 0.6 is 0 Å². The molecule has 2 aromatic carbocycles. The lowest BCUT2D eigenvalue weighted by Crippen LogP contribution is -2.02. The summed E-state index contributed by atoms with van der Waals surface area (Å²) in [6.45, 7) is 2.04. The zero-order valence-electron chi connectivity index (χ0n) is 10.5. The van der Waals surface area contributed by atoms with E-state index < -0.39 is 0 Å². The van der Waals surface area contributed by atoms with Crippen LogP contribution in [0.1, 0.15) is 33.8 Å². The SMILES string of the molecule is Cc1ccc(C(=O)[C@H]2C[C@@H]2c2ccccc2)cc1. The monoisotopic (exact) mass is 236 g/mol.